The first kappa shape index (κ1) is 11.3. The van der Waals surface area contributed by atoms with Crippen molar-refractivity contribution in [3.63, 3.8) is 0 Å². The molecule has 1 unspecified atom stereocenters. The monoisotopic (exact) mass is 230 g/mol. The quantitative estimate of drug-likeness (QED) is 0.644. The van der Waals surface area contributed by atoms with E-state index in [2.05, 4.69) is 0 Å². The van der Waals surface area contributed by atoms with Crippen LogP contribution in [-0.4, -0.2) is 17.2 Å². The number of hydrogen-bond donors (Lipinski definition) is 1. The second-order valence-electron chi connectivity index (χ2n) is 3.49. The maximum Gasteiger partial charge on any atom is 0.199 e. The molecule has 0 aliphatic carbocycles. The summed E-state index contributed by atoms with van der Waals surface area (Å²) in [7, 11) is 0. The fourth-order valence-electron chi connectivity index (χ4n) is 1.47. The van der Waals surface area contributed by atoms with Gasteiger partial charge in [-0.3, -0.25) is 9.59 Å². The largest absolute Gasteiger partial charge is 0.455 e. The first-order valence-electron chi connectivity index (χ1n) is 5.04. The Hall–Kier alpha value is -2.20. The van der Waals surface area contributed by atoms with Crippen LogP contribution in [0.3, 0.4) is 0 Å². The van der Waals surface area contributed by atoms with E-state index in [-0.39, 0.29) is 11.5 Å². The molecule has 0 spiro atoms. The third-order valence-corrected chi connectivity index (χ3v) is 2.34. The number of carbonyl (C=O) groups is 2. The average Bonchev–Trinajstić information content (AvgIpc) is 2.87. The molecule has 2 rings (SSSR count). The van der Waals surface area contributed by atoms with Gasteiger partial charge in [0.05, 0.1) is 0 Å². The Kier molecular flexibility index (Phi) is 3.16. The lowest BCUT2D eigenvalue weighted by Gasteiger charge is -2.06. The molecule has 0 fully saturated rings. The number of Topliss-reactive ketones (excluding diaryl/α,β-unsaturated/α-hetero) is 1. The summed E-state index contributed by atoms with van der Waals surface area (Å²) >= 11 is 0. The van der Waals surface area contributed by atoms with Gasteiger partial charge in [0.25, 0.3) is 0 Å². The van der Waals surface area contributed by atoms with Gasteiger partial charge < -0.3 is 9.52 Å². The lowest BCUT2D eigenvalue weighted by Crippen LogP contribution is -2.11. The number of ketones is 1. The van der Waals surface area contributed by atoms with Gasteiger partial charge in [0.15, 0.2) is 23.9 Å². The summed E-state index contributed by atoms with van der Waals surface area (Å²) in [5.41, 5.74) is 0.393. The van der Waals surface area contributed by atoms with Gasteiger partial charge in [0.2, 0.25) is 0 Å². The number of hydrogen-bond acceptors (Lipinski definition) is 4. The molecule has 1 atom stereocenters. The highest BCUT2D eigenvalue weighted by Crippen LogP contribution is 2.20. The van der Waals surface area contributed by atoms with Crippen LogP contribution in [0.1, 0.15) is 32.8 Å². The lowest BCUT2D eigenvalue weighted by molar-refractivity contribution is 0.0698. The standard InChI is InChI=1S/C13H10O4/c14-8-10-6-7-11(17-10)13(16)12(15)9-4-2-1-3-5-9/h1-8,13,16H. The Morgan fingerprint density at radius 1 is 1.18 bits per heavy atom. The Bertz CT molecular complexity index is 527. The molecular weight excluding hydrogens is 220 g/mol. The lowest BCUT2D eigenvalue weighted by atomic mass is 10.1. The van der Waals surface area contributed by atoms with Crippen LogP contribution < -0.4 is 0 Å². The Labute approximate surface area is 97.5 Å². The molecule has 17 heavy (non-hydrogen) atoms. The molecule has 1 N–H and O–H groups in total. The predicted molar refractivity (Wildman–Crippen MR) is 59.8 cm³/mol. The predicted octanol–water partition coefficient (Wildman–Crippen LogP) is 2.01. The highest BCUT2D eigenvalue weighted by atomic mass is 16.4. The molecule has 0 saturated carbocycles. The third kappa shape index (κ3) is 2.32. The van der Waals surface area contributed by atoms with Gasteiger partial charge in [-0.2, -0.15) is 0 Å². The molecule has 0 aliphatic rings. The Morgan fingerprint density at radius 3 is 2.47 bits per heavy atom. The van der Waals surface area contributed by atoms with Gasteiger partial charge >= 0.3 is 0 Å². The van der Waals surface area contributed by atoms with E-state index in [9.17, 15) is 14.7 Å². The Morgan fingerprint density at radius 2 is 1.88 bits per heavy atom. The number of aliphatic hydroxyl groups excluding tert-OH is 1. The number of furan rings is 1. The van der Waals surface area contributed by atoms with Crippen LogP contribution in [0.5, 0.6) is 0 Å². The molecule has 2 aromatic rings. The van der Waals surface area contributed by atoms with Crippen LogP contribution in [0, 0.1) is 0 Å². The van der Waals surface area contributed by atoms with Crippen molar-refractivity contribution in [2.45, 2.75) is 6.10 Å². The van der Waals surface area contributed by atoms with Gasteiger partial charge in [-0.25, -0.2) is 0 Å². The van der Waals surface area contributed by atoms with E-state index < -0.39 is 11.9 Å². The summed E-state index contributed by atoms with van der Waals surface area (Å²) < 4.78 is 5.00. The van der Waals surface area contributed by atoms with Gasteiger partial charge in [0, 0.05) is 5.56 Å². The molecule has 0 saturated heterocycles. The van der Waals surface area contributed by atoms with Gasteiger partial charge in [-0.05, 0) is 12.1 Å². The van der Waals surface area contributed by atoms with Gasteiger partial charge in [-0.1, -0.05) is 30.3 Å². The van der Waals surface area contributed by atoms with E-state index in [0.717, 1.165) is 0 Å². The zero-order valence-corrected chi connectivity index (χ0v) is 8.87. The molecule has 0 radical (unpaired) electrons. The van der Waals surface area contributed by atoms with Crippen molar-refractivity contribution in [1.82, 2.24) is 0 Å². The maximum atomic E-state index is 11.8. The van der Waals surface area contributed by atoms with Crippen LogP contribution in [-0.2, 0) is 0 Å². The number of carbonyl (C=O) groups excluding carboxylic acids is 2. The van der Waals surface area contributed by atoms with E-state index >= 15 is 0 Å². The fraction of sp³-hybridized carbons (Fsp3) is 0.0769. The molecule has 0 bridgehead atoms. The molecular formula is C13H10O4. The molecule has 1 aromatic carbocycles. The SMILES string of the molecule is O=Cc1ccc(C(O)C(=O)c2ccccc2)o1. The summed E-state index contributed by atoms with van der Waals surface area (Å²) in [5, 5.41) is 9.79. The summed E-state index contributed by atoms with van der Waals surface area (Å²) in [4.78, 5) is 22.3. The van der Waals surface area contributed by atoms with E-state index in [1.54, 1.807) is 30.3 Å². The van der Waals surface area contributed by atoms with Crippen molar-refractivity contribution in [1.29, 1.82) is 0 Å². The van der Waals surface area contributed by atoms with Crippen molar-refractivity contribution >= 4 is 12.1 Å². The normalized spacial score (nSPS) is 12.1. The van der Waals surface area contributed by atoms with Crippen LogP contribution in [0.25, 0.3) is 0 Å². The van der Waals surface area contributed by atoms with Gasteiger partial charge in [-0.15, -0.1) is 0 Å². The summed E-state index contributed by atoms with van der Waals surface area (Å²) in [5.74, 6) is -0.307. The zero-order valence-electron chi connectivity index (χ0n) is 8.87. The highest BCUT2D eigenvalue weighted by Gasteiger charge is 2.22. The average molecular weight is 230 g/mol. The van der Waals surface area contributed by atoms with Crippen molar-refractivity contribution < 1.29 is 19.1 Å². The summed E-state index contributed by atoms with van der Waals surface area (Å²) in [6.07, 6.45) is -0.866. The smallest absolute Gasteiger partial charge is 0.199 e. The molecule has 1 aromatic heterocycles. The summed E-state index contributed by atoms with van der Waals surface area (Å²) in [6.45, 7) is 0. The maximum absolute atomic E-state index is 11.8. The topological polar surface area (TPSA) is 67.5 Å². The number of aldehydes is 1. The fourth-order valence-corrected chi connectivity index (χ4v) is 1.47. The minimum absolute atomic E-state index is 0.0703. The molecule has 0 aliphatic heterocycles. The minimum atomic E-state index is -1.38. The molecule has 4 heteroatoms. The first-order valence-corrected chi connectivity index (χ1v) is 5.04. The molecule has 86 valence electrons. The van der Waals surface area contributed by atoms with Crippen LogP contribution in [0.4, 0.5) is 0 Å². The van der Waals surface area contributed by atoms with E-state index in [4.69, 9.17) is 4.42 Å². The van der Waals surface area contributed by atoms with Crippen molar-refractivity contribution in [2.24, 2.45) is 0 Å². The number of rotatable bonds is 4. The highest BCUT2D eigenvalue weighted by molar-refractivity contribution is 5.99. The van der Waals surface area contributed by atoms with Crippen LogP contribution in [0.15, 0.2) is 46.9 Å². The third-order valence-electron chi connectivity index (χ3n) is 2.34. The van der Waals surface area contributed by atoms with Gasteiger partial charge in [0.1, 0.15) is 5.76 Å². The van der Waals surface area contributed by atoms with Crippen LogP contribution >= 0.6 is 0 Å². The van der Waals surface area contributed by atoms with Crippen molar-refractivity contribution in [2.75, 3.05) is 0 Å². The summed E-state index contributed by atoms with van der Waals surface area (Å²) in [6, 6.07) is 11.2. The van der Waals surface area contributed by atoms with Crippen molar-refractivity contribution in [3.05, 3.63) is 59.5 Å². The second-order valence-corrected chi connectivity index (χ2v) is 3.49. The van der Waals surface area contributed by atoms with E-state index in [0.29, 0.717) is 11.8 Å². The van der Waals surface area contributed by atoms with E-state index in [1.165, 1.54) is 12.1 Å². The second kappa shape index (κ2) is 4.76. The zero-order chi connectivity index (χ0) is 12.3. The molecule has 1 heterocycles. The van der Waals surface area contributed by atoms with Crippen LogP contribution in [0.2, 0.25) is 0 Å². The number of benzene rings is 1. The first-order chi connectivity index (χ1) is 8.22. The molecule has 4 nitrogen and oxygen atoms in total. The number of aliphatic hydroxyl groups is 1. The minimum Gasteiger partial charge on any atom is -0.455 e. The van der Waals surface area contributed by atoms with E-state index in [1.807, 2.05) is 0 Å². The molecule has 0 amide bonds. The van der Waals surface area contributed by atoms with Crippen molar-refractivity contribution in [3.8, 4) is 0 Å². The Balaban J connectivity index is 2.23.